The number of para-hydroxylation sites is 1. The molecule has 1 N–H and O–H groups in total. The number of nitrogens with zero attached hydrogens (tertiary/aromatic N) is 3. The van der Waals surface area contributed by atoms with E-state index in [0.29, 0.717) is 25.2 Å². The molecular weight excluding hydrogens is 230 g/mol. The summed E-state index contributed by atoms with van der Waals surface area (Å²) in [5.41, 5.74) is 1.42. The van der Waals surface area contributed by atoms with E-state index in [0.717, 1.165) is 10.9 Å². The second-order valence-electron chi connectivity index (χ2n) is 4.68. The Morgan fingerprint density at radius 1 is 1.44 bits per heavy atom. The lowest BCUT2D eigenvalue weighted by Gasteiger charge is -2.13. The maximum Gasteiger partial charge on any atom is 0.275 e. The van der Waals surface area contributed by atoms with Crippen molar-refractivity contribution < 1.29 is 9.90 Å². The summed E-state index contributed by atoms with van der Waals surface area (Å²) < 4.78 is 1.72. The van der Waals surface area contributed by atoms with Gasteiger partial charge in [-0.25, -0.2) is 0 Å². The predicted octanol–water partition coefficient (Wildman–Crippen LogP) is 0.780. The van der Waals surface area contributed by atoms with E-state index in [1.807, 2.05) is 31.3 Å². The van der Waals surface area contributed by atoms with Gasteiger partial charge in [-0.2, -0.15) is 5.10 Å². The van der Waals surface area contributed by atoms with Gasteiger partial charge in [0.15, 0.2) is 5.69 Å². The van der Waals surface area contributed by atoms with Crippen molar-refractivity contribution in [2.75, 3.05) is 13.1 Å². The van der Waals surface area contributed by atoms with Gasteiger partial charge in [-0.3, -0.25) is 9.48 Å². The molecule has 2 aromatic rings. The third-order valence-corrected chi connectivity index (χ3v) is 3.41. The van der Waals surface area contributed by atoms with Crippen molar-refractivity contribution >= 4 is 16.8 Å². The summed E-state index contributed by atoms with van der Waals surface area (Å²) in [6.45, 7) is 1.01. The Bertz CT molecular complexity index is 605. The van der Waals surface area contributed by atoms with Crippen molar-refractivity contribution in [3.63, 3.8) is 0 Å². The Morgan fingerprint density at radius 3 is 2.94 bits per heavy atom. The highest BCUT2D eigenvalue weighted by molar-refractivity contribution is 6.04. The number of amides is 1. The molecule has 1 aliphatic heterocycles. The number of fused-ring (bicyclic) bond motifs is 1. The molecular formula is C13H15N3O2. The number of benzene rings is 1. The van der Waals surface area contributed by atoms with Crippen LogP contribution < -0.4 is 0 Å². The first-order valence-corrected chi connectivity index (χ1v) is 6.06. The van der Waals surface area contributed by atoms with Crippen molar-refractivity contribution in [2.24, 2.45) is 7.05 Å². The third kappa shape index (κ3) is 1.67. The van der Waals surface area contributed by atoms with Crippen LogP contribution in [0.1, 0.15) is 16.9 Å². The SMILES string of the molecule is Cn1nc(C(=O)N2CC[C@@H](O)C2)c2ccccc21. The number of hydrogen-bond acceptors (Lipinski definition) is 3. The van der Waals surface area contributed by atoms with Gasteiger partial charge in [0.05, 0.1) is 11.6 Å². The molecule has 5 heteroatoms. The van der Waals surface area contributed by atoms with E-state index in [9.17, 15) is 9.90 Å². The highest BCUT2D eigenvalue weighted by Gasteiger charge is 2.28. The standard InChI is InChI=1S/C13H15N3O2/c1-15-11-5-3-2-4-10(11)12(14-15)13(18)16-7-6-9(17)8-16/h2-5,9,17H,6-8H2,1H3/t9-/m1/s1. The number of aromatic nitrogens is 2. The van der Waals surface area contributed by atoms with Crippen LogP contribution in [0.15, 0.2) is 24.3 Å². The van der Waals surface area contributed by atoms with Gasteiger partial charge in [-0.15, -0.1) is 0 Å². The minimum atomic E-state index is -0.399. The number of rotatable bonds is 1. The van der Waals surface area contributed by atoms with Crippen LogP contribution >= 0.6 is 0 Å². The van der Waals surface area contributed by atoms with Crippen molar-refractivity contribution in [2.45, 2.75) is 12.5 Å². The number of hydrogen-bond donors (Lipinski definition) is 1. The molecule has 1 aliphatic rings. The van der Waals surface area contributed by atoms with Gasteiger partial charge in [0.1, 0.15) is 0 Å². The zero-order valence-electron chi connectivity index (χ0n) is 10.2. The lowest BCUT2D eigenvalue weighted by atomic mass is 10.2. The summed E-state index contributed by atoms with van der Waals surface area (Å²) in [5.74, 6) is -0.0941. The minimum absolute atomic E-state index is 0.0941. The number of aliphatic hydroxyl groups excluding tert-OH is 1. The van der Waals surface area contributed by atoms with Gasteiger partial charge >= 0.3 is 0 Å². The van der Waals surface area contributed by atoms with Gasteiger partial charge in [-0.1, -0.05) is 18.2 Å². The van der Waals surface area contributed by atoms with Crippen LogP contribution in [0.5, 0.6) is 0 Å². The van der Waals surface area contributed by atoms with Crippen molar-refractivity contribution in [3.05, 3.63) is 30.0 Å². The smallest absolute Gasteiger partial charge is 0.275 e. The van der Waals surface area contributed by atoms with E-state index >= 15 is 0 Å². The summed E-state index contributed by atoms with van der Waals surface area (Å²) in [5, 5.41) is 14.7. The van der Waals surface area contributed by atoms with E-state index in [2.05, 4.69) is 5.10 Å². The van der Waals surface area contributed by atoms with Crippen molar-refractivity contribution in [1.29, 1.82) is 0 Å². The minimum Gasteiger partial charge on any atom is -0.391 e. The molecule has 18 heavy (non-hydrogen) atoms. The first-order valence-electron chi connectivity index (χ1n) is 6.06. The molecule has 1 atom stereocenters. The summed E-state index contributed by atoms with van der Waals surface area (Å²) in [6, 6.07) is 7.68. The van der Waals surface area contributed by atoms with E-state index < -0.39 is 6.10 Å². The lowest BCUT2D eigenvalue weighted by Crippen LogP contribution is -2.30. The number of β-amino-alcohol motifs (C(OH)–C–C–N with tert-alkyl or cyclic N) is 1. The number of likely N-dealkylation sites (tertiary alicyclic amines) is 1. The molecule has 1 saturated heterocycles. The Labute approximate surface area is 105 Å². The number of carbonyl (C=O) groups is 1. The van der Waals surface area contributed by atoms with Gasteiger partial charge in [0.2, 0.25) is 0 Å². The van der Waals surface area contributed by atoms with E-state index in [4.69, 9.17) is 0 Å². The van der Waals surface area contributed by atoms with Crippen LogP contribution in [-0.4, -0.2) is 44.9 Å². The Morgan fingerprint density at radius 2 is 2.22 bits per heavy atom. The highest BCUT2D eigenvalue weighted by atomic mass is 16.3. The van der Waals surface area contributed by atoms with Crippen LogP contribution in [0.3, 0.4) is 0 Å². The van der Waals surface area contributed by atoms with E-state index in [1.165, 1.54) is 0 Å². The van der Waals surface area contributed by atoms with Gasteiger partial charge in [-0.05, 0) is 12.5 Å². The molecule has 1 aromatic carbocycles. The summed E-state index contributed by atoms with van der Waals surface area (Å²) >= 11 is 0. The quantitative estimate of drug-likeness (QED) is 0.807. The van der Waals surface area contributed by atoms with Crippen LogP contribution in [-0.2, 0) is 7.05 Å². The largest absolute Gasteiger partial charge is 0.391 e. The molecule has 1 amide bonds. The van der Waals surface area contributed by atoms with Crippen LogP contribution in [0, 0.1) is 0 Å². The normalized spacial score (nSPS) is 19.7. The Balaban J connectivity index is 2.02. The second-order valence-corrected chi connectivity index (χ2v) is 4.68. The molecule has 0 bridgehead atoms. The zero-order chi connectivity index (χ0) is 12.7. The molecule has 2 heterocycles. The van der Waals surface area contributed by atoms with E-state index in [1.54, 1.807) is 9.58 Å². The number of aryl methyl sites for hydroxylation is 1. The molecule has 0 radical (unpaired) electrons. The van der Waals surface area contributed by atoms with Gasteiger partial charge in [0, 0.05) is 25.5 Å². The average molecular weight is 245 g/mol. The average Bonchev–Trinajstić information content (AvgIpc) is 2.94. The molecule has 94 valence electrons. The van der Waals surface area contributed by atoms with Crippen LogP contribution in [0.4, 0.5) is 0 Å². The molecule has 1 aromatic heterocycles. The molecule has 0 unspecified atom stereocenters. The lowest BCUT2D eigenvalue weighted by molar-refractivity contribution is 0.0760. The molecule has 1 fully saturated rings. The van der Waals surface area contributed by atoms with Gasteiger partial charge < -0.3 is 10.0 Å². The second kappa shape index (κ2) is 4.10. The van der Waals surface area contributed by atoms with Crippen LogP contribution in [0.2, 0.25) is 0 Å². The molecule has 3 rings (SSSR count). The summed E-state index contributed by atoms with van der Waals surface area (Å²) in [6.07, 6.45) is 0.250. The topological polar surface area (TPSA) is 58.4 Å². The third-order valence-electron chi connectivity index (χ3n) is 3.41. The number of aliphatic hydroxyl groups is 1. The van der Waals surface area contributed by atoms with E-state index in [-0.39, 0.29) is 5.91 Å². The van der Waals surface area contributed by atoms with Crippen molar-refractivity contribution in [3.8, 4) is 0 Å². The molecule has 0 saturated carbocycles. The van der Waals surface area contributed by atoms with Crippen molar-refractivity contribution in [1.82, 2.24) is 14.7 Å². The fraction of sp³-hybridized carbons (Fsp3) is 0.385. The molecule has 5 nitrogen and oxygen atoms in total. The van der Waals surface area contributed by atoms with Gasteiger partial charge in [0.25, 0.3) is 5.91 Å². The monoisotopic (exact) mass is 245 g/mol. The first-order chi connectivity index (χ1) is 8.66. The highest BCUT2D eigenvalue weighted by Crippen LogP contribution is 2.20. The predicted molar refractivity (Wildman–Crippen MR) is 67.2 cm³/mol. The fourth-order valence-corrected chi connectivity index (χ4v) is 2.45. The summed E-state index contributed by atoms with van der Waals surface area (Å²) in [7, 11) is 1.83. The molecule has 0 aliphatic carbocycles. The fourth-order valence-electron chi connectivity index (χ4n) is 2.45. The maximum absolute atomic E-state index is 12.4. The Kier molecular flexibility index (Phi) is 2.56. The van der Waals surface area contributed by atoms with Crippen LogP contribution in [0.25, 0.3) is 10.9 Å². The summed E-state index contributed by atoms with van der Waals surface area (Å²) in [4.78, 5) is 14.0. The maximum atomic E-state index is 12.4. The molecule has 0 spiro atoms. The Hall–Kier alpha value is -1.88. The first kappa shape index (κ1) is 11.2. The zero-order valence-corrected chi connectivity index (χ0v) is 10.2. The number of carbonyl (C=O) groups excluding carboxylic acids is 1.